The van der Waals surface area contributed by atoms with Crippen LogP contribution in [0.5, 0.6) is 5.75 Å². The smallest absolute Gasteiger partial charge is 0.412 e. The van der Waals surface area contributed by atoms with Crippen molar-refractivity contribution in [3.63, 3.8) is 0 Å². The number of phenolic OH excluding ortho intramolecular Hbond substituents is 1. The Morgan fingerprint density at radius 1 is 0.886 bits per heavy atom. The molecule has 0 unspecified atom stereocenters. The lowest BCUT2D eigenvalue weighted by Crippen LogP contribution is -2.28. The predicted molar refractivity (Wildman–Crippen MR) is 135 cm³/mol. The summed E-state index contributed by atoms with van der Waals surface area (Å²) < 4.78 is 5.99. The lowest BCUT2D eigenvalue weighted by Gasteiger charge is -2.32. The minimum absolute atomic E-state index is 0.108. The second kappa shape index (κ2) is 9.87. The van der Waals surface area contributed by atoms with Gasteiger partial charge in [-0.2, -0.15) is 0 Å². The van der Waals surface area contributed by atoms with Gasteiger partial charge in [-0.3, -0.25) is 15.3 Å². The number of nitrogens with one attached hydrogen (secondary N) is 2. The van der Waals surface area contributed by atoms with Gasteiger partial charge < -0.3 is 9.84 Å². The Morgan fingerprint density at radius 2 is 1.54 bits per heavy atom. The van der Waals surface area contributed by atoms with E-state index in [1.165, 1.54) is 6.08 Å². The van der Waals surface area contributed by atoms with Crippen molar-refractivity contribution in [2.45, 2.75) is 20.0 Å². The van der Waals surface area contributed by atoms with Crippen molar-refractivity contribution in [3.8, 4) is 5.75 Å². The molecule has 7 heteroatoms. The molecule has 0 fully saturated rings. The molecule has 0 spiro atoms. The highest BCUT2D eigenvalue weighted by atomic mass is 16.6. The maximum atomic E-state index is 13.2. The zero-order valence-corrected chi connectivity index (χ0v) is 19.4. The molecule has 35 heavy (non-hydrogen) atoms. The summed E-state index contributed by atoms with van der Waals surface area (Å²) in [5.41, 5.74) is 1.96. The Morgan fingerprint density at radius 3 is 2.29 bits per heavy atom. The first-order valence-electron chi connectivity index (χ1n) is 11.1. The zero-order chi connectivity index (χ0) is 25.0. The highest BCUT2D eigenvalue weighted by molar-refractivity contribution is 6.00. The van der Waals surface area contributed by atoms with E-state index in [-0.39, 0.29) is 5.75 Å². The third-order valence-electron chi connectivity index (χ3n) is 5.92. The van der Waals surface area contributed by atoms with Gasteiger partial charge in [0.25, 0.3) is 5.91 Å². The summed E-state index contributed by atoms with van der Waals surface area (Å²) in [4.78, 5) is 24.8. The van der Waals surface area contributed by atoms with Crippen LogP contribution in [0.15, 0.2) is 91.0 Å². The van der Waals surface area contributed by atoms with Crippen molar-refractivity contribution in [3.05, 3.63) is 96.6 Å². The molecule has 7 nitrogen and oxygen atoms in total. The van der Waals surface area contributed by atoms with Gasteiger partial charge in [0.15, 0.2) is 0 Å². The van der Waals surface area contributed by atoms with Crippen LogP contribution in [0, 0.1) is 5.41 Å². The molecule has 4 rings (SSSR count). The Balaban J connectivity index is 1.74. The lowest BCUT2D eigenvalue weighted by molar-refractivity contribution is -0.124. The maximum absolute atomic E-state index is 13.2. The number of rotatable bonds is 6. The number of amides is 2. The fourth-order valence-electron chi connectivity index (χ4n) is 4.15. The van der Waals surface area contributed by atoms with E-state index in [1.54, 1.807) is 35.8 Å². The molecule has 0 heterocycles. The average Bonchev–Trinajstić information content (AvgIpc) is 2.87. The van der Waals surface area contributed by atoms with Crippen LogP contribution in [-0.4, -0.2) is 22.3 Å². The van der Waals surface area contributed by atoms with Gasteiger partial charge in [0.2, 0.25) is 0 Å². The largest absolute Gasteiger partial charge is 0.507 e. The summed E-state index contributed by atoms with van der Waals surface area (Å²) >= 11 is 0. The normalized spacial score (nSPS) is 12.5. The van der Waals surface area contributed by atoms with Crippen molar-refractivity contribution in [2.75, 3.05) is 5.32 Å². The van der Waals surface area contributed by atoms with Crippen molar-refractivity contribution in [1.29, 1.82) is 0 Å². The molecule has 4 aromatic carbocycles. The number of hydrogen-bond donors (Lipinski definition) is 4. The molecule has 1 atom stereocenters. The number of carbonyl (C=O) groups excluding carboxylic acids is 2. The van der Waals surface area contributed by atoms with E-state index >= 15 is 0 Å². The van der Waals surface area contributed by atoms with Crippen molar-refractivity contribution in [2.24, 2.45) is 5.41 Å². The first-order chi connectivity index (χ1) is 16.8. The van der Waals surface area contributed by atoms with Gasteiger partial charge in [-0.05, 0) is 22.9 Å². The molecule has 2 amide bonds. The van der Waals surface area contributed by atoms with E-state index in [2.05, 4.69) is 5.32 Å². The van der Waals surface area contributed by atoms with Crippen LogP contribution >= 0.6 is 0 Å². The minimum atomic E-state index is -0.873. The highest BCUT2D eigenvalue weighted by Crippen LogP contribution is 2.42. The first kappa shape index (κ1) is 23.8. The monoisotopic (exact) mass is 470 g/mol. The van der Waals surface area contributed by atoms with Crippen LogP contribution in [0.1, 0.15) is 25.5 Å². The number of hydroxylamine groups is 1. The molecule has 0 aliphatic carbocycles. The van der Waals surface area contributed by atoms with Crippen LogP contribution in [-0.2, 0) is 9.53 Å². The average molecular weight is 471 g/mol. The van der Waals surface area contributed by atoms with Crippen LogP contribution in [0.4, 0.5) is 10.5 Å². The number of anilines is 1. The molecule has 4 aromatic rings. The molecule has 0 radical (unpaired) electrons. The van der Waals surface area contributed by atoms with Gasteiger partial charge in [-0.25, -0.2) is 10.3 Å². The number of carbonyl (C=O) groups is 2. The molecule has 0 saturated carbocycles. The Labute approximate surface area is 202 Å². The summed E-state index contributed by atoms with van der Waals surface area (Å²) in [5, 5.41) is 25.2. The number of phenols is 1. The quantitative estimate of drug-likeness (QED) is 0.155. The third-order valence-corrected chi connectivity index (χ3v) is 5.92. The van der Waals surface area contributed by atoms with Crippen LogP contribution in [0.2, 0.25) is 0 Å². The van der Waals surface area contributed by atoms with Gasteiger partial charge >= 0.3 is 6.09 Å². The van der Waals surface area contributed by atoms with Gasteiger partial charge in [0.05, 0.1) is 5.69 Å². The fraction of sp³-hybridized carbons (Fsp3) is 0.143. The number of ether oxygens (including phenoxy) is 1. The second-order valence-corrected chi connectivity index (χ2v) is 8.79. The van der Waals surface area contributed by atoms with Gasteiger partial charge in [0, 0.05) is 27.8 Å². The minimum Gasteiger partial charge on any atom is -0.507 e. The molecule has 4 N–H and O–H groups in total. The maximum Gasteiger partial charge on any atom is 0.412 e. The van der Waals surface area contributed by atoms with E-state index in [4.69, 9.17) is 9.94 Å². The van der Waals surface area contributed by atoms with Crippen LogP contribution < -0.4 is 10.8 Å². The predicted octanol–water partition coefficient (Wildman–Crippen LogP) is 6.08. The zero-order valence-electron chi connectivity index (χ0n) is 19.4. The number of hydrogen-bond acceptors (Lipinski definition) is 5. The number of fused-ring (bicyclic) bond motifs is 2. The van der Waals surface area contributed by atoms with E-state index in [9.17, 15) is 14.7 Å². The molecular formula is C28H26N2O5. The summed E-state index contributed by atoms with van der Waals surface area (Å²) in [6.07, 6.45) is 1.24. The molecule has 0 bridgehead atoms. The summed E-state index contributed by atoms with van der Waals surface area (Å²) in [6, 6.07) is 23.8. The van der Waals surface area contributed by atoms with Crippen molar-refractivity contribution < 1.29 is 24.6 Å². The second-order valence-electron chi connectivity index (χ2n) is 8.79. The number of aromatic hydroxyl groups is 1. The SMILES string of the molecule is CC(C)(/C=C/C(=O)NO)[C@H](OC(=O)Nc1cccc2ccccc12)c1ccc(O)c2ccccc12. The van der Waals surface area contributed by atoms with E-state index < -0.39 is 23.5 Å². The standard InChI is InChI=1S/C28H26N2O5/c1-28(2,17-16-25(32)30-34)26(22-14-15-24(31)21-12-6-5-11-20(21)22)35-27(33)29-23-13-7-9-18-8-3-4-10-19(18)23/h3-17,26,31,34H,1-2H3,(H,29,33)(H,30,32)/b17-16+/t26-/m1/s1. The van der Waals surface area contributed by atoms with Crippen LogP contribution in [0.25, 0.3) is 21.5 Å². The Bertz CT molecular complexity index is 1420. The van der Waals surface area contributed by atoms with Crippen molar-refractivity contribution in [1.82, 2.24) is 5.48 Å². The van der Waals surface area contributed by atoms with Gasteiger partial charge in [-0.15, -0.1) is 0 Å². The molecule has 178 valence electrons. The molecule has 0 aliphatic rings. The Hall–Kier alpha value is -4.36. The van der Waals surface area contributed by atoms with Crippen LogP contribution in [0.3, 0.4) is 0 Å². The first-order valence-corrected chi connectivity index (χ1v) is 11.1. The van der Waals surface area contributed by atoms with Crippen molar-refractivity contribution >= 4 is 39.2 Å². The number of benzene rings is 4. The van der Waals surface area contributed by atoms with E-state index in [0.29, 0.717) is 22.0 Å². The summed E-state index contributed by atoms with van der Waals surface area (Å²) in [7, 11) is 0. The van der Waals surface area contributed by atoms with Gasteiger partial charge in [0.1, 0.15) is 11.9 Å². The fourth-order valence-corrected chi connectivity index (χ4v) is 4.15. The summed E-state index contributed by atoms with van der Waals surface area (Å²) in [6.45, 7) is 3.62. The molecular weight excluding hydrogens is 444 g/mol. The third kappa shape index (κ3) is 5.10. The summed E-state index contributed by atoms with van der Waals surface area (Å²) in [5.74, 6) is -0.594. The molecule has 0 aliphatic heterocycles. The van der Waals surface area contributed by atoms with E-state index in [1.807, 2.05) is 68.4 Å². The lowest BCUT2D eigenvalue weighted by atomic mass is 9.80. The molecule has 0 aromatic heterocycles. The topological polar surface area (TPSA) is 108 Å². The highest BCUT2D eigenvalue weighted by Gasteiger charge is 2.34. The van der Waals surface area contributed by atoms with E-state index in [0.717, 1.165) is 10.8 Å². The Kier molecular flexibility index (Phi) is 6.71. The van der Waals surface area contributed by atoms with Gasteiger partial charge in [-0.1, -0.05) is 86.7 Å². The molecule has 0 saturated heterocycles.